The van der Waals surface area contributed by atoms with Gasteiger partial charge in [0.2, 0.25) is 11.8 Å². The van der Waals surface area contributed by atoms with E-state index in [1.807, 2.05) is 50.4 Å². The van der Waals surface area contributed by atoms with E-state index in [1.165, 1.54) is 0 Å². The maximum Gasteiger partial charge on any atom is 0.264 e. The molecule has 3 aromatic heterocycles. The molecular weight excluding hydrogens is 786 g/mol. The van der Waals surface area contributed by atoms with Gasteiger partial charge in [-0.25, -0.2) is 4.98 Å². The number of aryl methyl sites for hydroxylation is 1. The quantitative estimate of drug-likeness (QED) is 0.148. The van der Waals surface area contributed by atoms with Crippen LogP contribution in [0.4, 0.5) is 5.69 Å². The summed E-state index contributed by atoms with van der Waals surface area (Å²) in [6.45, 7) is 9.34. The highest BCUT2D eigenvalue weighted by molar-refractivity contribution is 7.15. The number of pyridine rings is 1. The fourth-order valence-corrected chi connectivity index (χ4v) is 9.68. The summed E-state index contributed by atoms with van der Waals surface area (Å²) in [5.74, 6) is 6.64. The highest BCUT2D eigenvalue weighted by Crippen LogP contribution is 2.39. The lowest BCUT2D eigenvalue weighted by molar-refractivity contribution is -0.136. The third kappa shape index (κ3) is 7.24. The number of amides is 4. The average Bonchev–Trinajstić information content (AvgIpc) is 3.83. The van der Waals surface area contributed by atoms with Crippen LogP contribution in [0.1, 0.15) is 104 Å². The summed E-state index contributed by atoms with van der Waals surface area (Å²) in [6.07, 6.45) is 4.05. The van der Waals surface area contributed by atoms with Crippen molar-refractivity contribution in [3.63, 3.8) is 0 Å². The van der Waals surface area contributed by atoms with Crippen molar-refractivity contribution in [2.45, 2.75) is 65.1 Å². The molecule has 15 heteroatoms. The number of carbonyl (C=O) groups excluding carboxylic acids is 4. The first-order valence-corrected chi connectivity index (χ1v) is 20.9. The lowest BCUT2D eigenvalue weighted by Gasteiger charge is -2.32. The smallest absolute Gasteiger partial charge is 0.264 e. The second-order valence-electron chi connectivity index (χ2n) is 15.4. The van der Waals surface area contributed by atoms with Gasteiger partial charge in [-0.1, -0.05) is 35.9 Å². The fraction of sp³-hybridized carbons (Fsp3) is 0.318. The topological polar surface area (TPSA) is 155 Å². The predicted octanol–water partition coefficient (Wildman–Crippen LogP) is 6.03. The SMILES string of the molecule is Cc1c(C#Cc2ccc(CN3CCC(CNc4cccc5c4C(=O)N(C4CCC(=O)NC4=O)C5=O)CC3)cn2)sc2c1C(c1ccc(Cl)cc1)=N[C@@H](C)c1nnc(C)n1-2. The first-order chi connectivity index (χ1) is 28.5. The zero-order valence-electron chi connectivity index (χ0n) is 32.7. The van der Waals surface area contributed by atoms with Gasteiger partial charge >= 0.3 is 0 Å². The number of anilines is 1. The second kappa shape index (κ2) is 15.6. The first kappa shape index (κ1) is 38.5. The first-order valence-electron chi connectivity index (χ1n) is 19.7. The van der Waals surface area contributed by atoms with Crippen molar-refractivity contribution in [1.29, 1.82) is 0 Å². The summed E-state index contributed by atoms with van der Waals surface area (Å²) in [7, 11) is 0. The van der Waals surface area contributed by atoms with Gasteiger partial charge in [-0.15, -0.1) is 21.5 Å². The Labute approximate surface area is 349 Å². The minimum Gasteiger partial charge on any atom is -0.384 e. The van der Waals surface area contributed by atoms with Gasteiger partial charge in [-0.05, 0) is 112 Å². The lowest BCUT2D eigenvalue weighted by atomic mass is 9.96. The van der Waals surface area contributed by atoms with Crippen LogP contribution in [0.5, 0.6) is 0 Å². The van der Waals surface area contributed by atoms with Crippen molar-refractivity contribution in [2.24, 2.45) is 10.9 Å². The number of halogens is 1. The van der Waals surface area contributed by atoms with Gasteiger partial charge in [0.1, 0.15) is 28.6 Å². The number of imide groups is 2. The van der Waals surface area contributed by atoms with E-state index >= 15 is 0 Å². The minimum atomic E-state index is -0.993. The standard InChI is InChI=1S/C44H40ClN9O4S/c1-24-35(59-44-37(24)39(29-8-10-30(45)11-9-29)48-25(2)40-51-50-26(3)53(40)44)15-13-31-12-7-28(22-46-31)23-52-19-17-27(18-20-52)21-47-33-6-4-5-32-38(33)43(58)54(42(32)57)34-14-16-36(55)49-41(34)56/h4-12,22,25,27,34,47H,14,16-21,23H2,1-3H3,(H,49,55,56)/t25-,34?/m0/s1. The number of aromatic nitrogens is 4. The molecule has 59 heavy (non-hydrogen) atoms. The fourth-order valence-electron chi connectivity index (χ4n) is 8.33. The van der Waals surface area contributed by atoms with E-state index in [0.29, 0.717) is 28.9 Å². The molecule has 4 aliphatic rings. The summed E-state index contributed by atoms with van der Waals surface area (Å²) in [4.78, 5) is 65.1. The maximum absolute atomic E-state index is 13.5. The summed E-state index contributed by atoms with van der Waals surface area (Å²) in [5, 5.41) is 16.2. The van der Waals surface area contributed by atoms with Gasteiger partial charge in [0.25, 0.3) is 11.8 Å². The Morgan fingerprint density at radius 1 is 0.932 bits per heavy atom. The molecule has 5 aromatic rings. The largest absolute Gasteiger partial charge is 0.384 e. The predicted molar refractivity (Wildman–Crippen MR) is 224 cm³/mol. The highest BCUT2D eigenvalue weighted by atomic mass is 35.5. The monoisotopic (exact) mass is 825 g/mol. The van der Waals surface area contributed by atoms with Crippen LogP contribution in [-0.2, 0) is 16.1 Å². The molecular formula is C44H40ClN9O4S. The van der Waals surface area contributed by atoms with Crippen molar-refractivity contribution in [1.82, 2.24) is 34.9 Å². The minimum absolute atomic E-state index is 0.0822. The molecule has 2 atom stereocenters. The number of piperidine rings is 2. The number of nitrogens with zero attached hydrogens (tertiary/aromatic N) is 7. The van der Waals surface area contributed by atoms with E-state index < -0.39 is 29.7 Å². The molecule has 4 aliphatic heterocycles. The molecule has 7 heterocycles. The number of aliphatic imine (C=N–C) groups is 1. The van der Waals surface area contributed by atoms with Gasteiger partial charge in [-0.2, -0.15) is 0 Å². The number of nitrogens with one attached hydrogen (secondary N) is 2. The van der Waals surface area contributed by atoms with Gasteiger partial charge < -0.3 is 5.32 Å². The molecule has 4 amide bonds. The Morgan fingerprint density at radius 3 is 2.47 bits per heavy atom. The van der Waals surface area contributed by atoms with Crippen LogP contribution in [0.2, 0.25) is 5.02 Å². The normalized spacial score (nSPS) is 19.3. The van der Waals surface area contributed by atoms with E-state index in [4.69, 9.17) is 21.6 Å². The van der Waals surface area contributed by atoms with Crippen LogP contribution >= 0.6 is 22.9 Å². The van der Waals surface area contributed by atoms with E-state index in [-0.39, 0.29) is 30.0 Å². The lowest BCUT2D eigenvalue weighted by Crippen LogP contribution is -2.54. The molecule has 13 nitrogen and oxygen atoms in total. The second-order valence-corrected chi connectivity index (χ2v) is 16.9. The van der Waals surface area contributed by atoms with E-state index in [2.05, 4.69) is 55.1 Å². The molecule has 0 aliphatic carbocycles. The van der Waals surface area contributed by atoms with Gasteiger partial charge in [0.15, 0.2) is 5.82 Å². The highest BCUT2D eigenvalue weighted by Gasteiger charge is 2.45. The number of thiophene rings is 1. The Bertz CT molecular complexity index is 2630. The van der Waals surface area contributed by atoms with Crippen molar-refractivity contribution >= 4 is 58.0 Å². The van der Waals surface area contributed by atoms with E-state index in [0.717, 1.165) is 86.9 Å². The number of likely N-dealkylation sites (tertiary alicyclic amines) is 1. The Hall–Kier alpha value is -6.01. The summed E-state index contributed by atoms with van der Waals surface area (Å²) in [6, 6.07) is 15.8. The molecule has 298 valence electrons. The van der Waals surface area contributed by atoms with Crippen LogP contribution in [0.3, 0.4) is 0 Å². The molecule has 2 aromatic carbocycles. The van der Waals surface area contributed by atoms with Crippen LogP contribution in [-0.4, -0.2) is 84.6 Å². The molecule has 0 saturated carbocycles. The summed E-state index contributed by atoms with van der Waals surface area (Å²) < 4.78 is 2.10. The van der Waals surface area contributed by atoms with Crippen LogP contribution in [0, 0.1) is 31.6 Å². The molecule has 0 radical (unpaired) electrons. The third-order valence-electron chi connectivity index (χ3n) is 11.5. The molecule has 2 fully saturated rings. The molecule has 9 rings (SSSR count). The van der Waals surface area contributed by atoms with Crippen LogP contribution in [0.25, 0.3) is 5.00 Å². The Balaban J connectivity index is 0.828. The number of fused-ring (bicyclic) bond motifs is 4. The molecule has 0 bridgehead atoms. The van der Waals surface area contributed by atoms with E-state index in [9.17, 15) is 19.2 Å². The van der Waals surface area contributed by atoms with E-state index in [1.54, 1.807) is 29.5 Å². The number of carbonyl (C=O) groups is 4. The number of rotatable bonds is 7. The third-order valence-corrected chi connectivity index (χ3v) is 13.0. The van der Waals surface area contributed by atoms with Crippen molar-refractivity contribution in [2.75, 3.05) is 25.0 Å². The van der Waals surface area contributed by atoms with Gasteiger partial charge in [0, 0.05) is 47.5 Å². The Kier molecular flexibility index (Phi) is 10.2. The maximum atomic E-state index is 13.5. The number of hydrogen-bond donors (Lipinski definition) is 2. The van der Waals surface area contributed by atoms with Crippen molar-refractivity contribution < 1.29 is 19.2 Å². The Morgan fingerprint density at radius 2 is 1.73 bits per heavy atom. The van der Waals surface area contributed by atoms with Crippen molar-refractivity contribution in [3.05, 3.63) is 121 Å². The average molecular weight is 826 g/mol. The zero-order chi connectivity index (χ0) is 40.9. The van der Waals surface area contributed by atoms with Crippen LogP contribution < -0.4 is 10.6 Å². The molecule has 2 saturated heterocycles. The summed E-state index contributed by atoms with van der Waals surface area (Å²) >= 11 is 7.85. The molecule has 1 unspecified atom stereocenters. The van der Waals surface area contributed by atoms with Gasteiger partial charge in [0.05, 0.1) is 21.7 Å². The van der Waals surface area contributed by atoms with Crippen LogP contribution in [0.15, 0.2) is 65.8 Å². The number of benzene rings is 2. The van der Waals surface area contributed by atoms with Gasteiger partial charge in [-0.3, -0.25) is 43.9 Å². The zero-order valence-corrected chi connectivity index (χ0v) is 34.3. The summed E-state index contributed by atoms with van der Waals surface area (Å²) in [5.41, 5.74) is 6.87. The molecule has 0 spiro atoms. The van der Waals surface area contributed by atoms with Crippen molar-refractivity contribution in [3.8, 4) is 16.8 Å². The molecule has 2 N–H and O–H groups in total. The number of hydrogen-bond acceptors (Lipinski definition) is 11.